The molecule has 1 unspecified atom stereocenters. The maximum absolute atomic E-state index is 12.4. The van der Waals surface area contributed by atoms with E-state index in [9.17, 15) is 8.42 Å². The zero-order valence-corrected chi connectivity index (χ0v) is 12.1. The number of hydrogen-bond donors (Lipinski definition) is 1. The monoisotopic (exact) mass is 283 g/mol. The Bertz CT molecular complexity index is 510. The molecule has 19 heavy (non-hydrogen) atoms. The third-order valence-corrected chi connectivity index (χ3v) is 5.60. The molecule has 1 N–H and O–H groups in total. The highest BCUT2D eigenvalue weighted by Crippen LogP contribution is 2.25. The van der Waals surface area contributed by atoms with E-state index in [1.807, 2.05) is 6.92 Å². The van der Waals surface area contributed by atoms with Crippen LogP contribution in [0.1, 0.15) is 37.3 Å². The van der Waals surface area contributed by atoms with Crippen molar-refractivity contribution in [3.63, 3.8) is 0 Å². The summed E-state index contributed by atoms with van der Waals surface area (Å²) in [6.45, 7) is 2.67. The second kappa shape index (κ2) is 6.03. The van der Waals surface area contributed by atoms with Crippen molar-refractivity contribution in [1.29, 1.82) is 0 Å². The molecule has 1 aliphatic heterocycles. The van der Waals surface area contributed by atoms with E-state index in [1.165, 1.54) is 0 Å². The van der Waals surface area contributed by atoms with Crippen LogP contribution in [0, 0.1) is 0 Å². The molecular weight excluding hydrogens is 262 g/mol. The first-order valence-corrected chi connectivity index (χ1v) is 8.36. The molecule has 1 aliphatic rings. The van der Waals surface area contributed by atoms with Crippen molar-refractivity contribution in [3.8, 4) is 0 Å². The van der Waals surface area contributed by atoms with Gasteiger partial charge in [-0.3, -0.25) is 0 Å². The van der Waals surface area contributed by atoms with Crippen molar-refractivity contribution in [3.05, 3.63) is 35.4 Å². The molecule has 1 saturated heterocycles. The van der Waals surface area contributed by atoms with Crippen LogP contribution in [0.15, 0.2) is 24.3 Å². The summed E-state index contributed by atoms with van der Waals surface area (Å²) < 4.78 is 26.5. The minimum absolute atomic E-state index is 0.0168. The summed E-state index contributed by atoms with van der Waals surface area (Å²) in [5, 5.41) is 8.97. The maximum Gasteiger partial charge on any atom is 0.218 e. The zero-order valence-electron chi connectivity index (χ0n) is 11.2. The van der Waals surface area contributed by atoms with E-state index in [4.69, 9.17) is 5.11 Å². The first-order chi connectivity index (χ1) is 9.06. The van der Waals surface area contributed by atoms with Crippen molar-refractivity contribution in [1.82, 2.24) is 4.31 Å². The first kappa shape index (κ1) is 14.5. The Morgan fingerprint density at radius 3 is 2.47 bits per heavy atom. The maximum atomic E-state index is 12.4. The fraction of sp³-hybridized carbons (Fsp3) is 0.571. The van der Waals surface area contributed by atoms with Crippen LogP contribution in [-0.4, -0.2) is 30.4 Å². The van der Waals surface area contributed by atoms with Gasteiger partial charge in [-0.15, -0.1) is 0 Å². The summed E-state index contributed by atoms with van der Waals surface area (Å²) in [5.74, 6) is 0.0508. The molecule has 1 aromatic carbocycles. The van der Waals surface area contributed by atoms with Gasteiger partial charge in [-0.2, -0.15) is 4.31 Å². The lowest BCUT2D eigenvalue weighted by Gasteiger charge is -2.23. The number of hydrogen-bond acceptors (Lipinski definition) is 3. The number of aliphatic hydroxyl groups excluding tert-OH is 1. The van der Waals surface area contributed by atoms with E-state index in [2.05, 4.69) is 0 Å². The van der Waals surface area contributed by atoms with Crippen LogP contribution in [0.4, 0.5) is 0 Å². The fourth-order valence-electron chi connectivity index (χ4n) is 2.62. The molecule has 1 fully saturated rings. The molecule has 0 spiro atoms. The lowest BCUT2D eigenvalue weighted by Crippen LogP contribution is -2.35. The van der Waals surface area contributed by atoms with Crippen molar-refractivity contribution >= 4 is 10.0 Å². The Labute approximate surface area is 115 Å². The summed E-state index contributed by atoms with van der Waals surface area (Å²) in [6, 6.07) is 7.26. The van der Waals surface area contributed by atoms with Gasteiger partial charge in [-0.25, -0.2) is 8.42 Å². The largest absolute Gasteiger partial charge is 0.392 e. The SMILES string of the molecule is CCC1CCCN1S(=O)(=O)Cc1ccc(CO)cc1. The van der Waals surface area contributed by atoms with Crippen molar-refractivity contribution < 1.29 is 13.5 Å². The second-order valence-electron chi connectivity index (χ2n) is 5.05. The molecule has 0 radical (unpaired) electrons. The number of sulfonamides is 1. The predicted octanol–water partition coefficient (Wildman–Crippen LogP) is 1.88. The summed E-state index contributed by atoms with van der Waals surface area (Å²) in [7, 11) is -3.22. The molecular formula is C14H21NO3S. The molecule has 0 amide bonds. The summed E-state index contributed by atoms with van der Waals surface area (Å²) in [5.41, 5.74) is 1.58. The Morgan fingerprint density at radius 2 is 1.89 bits per heavy atom. The number of nitrogens with zero attached hydrogens (tertiary/aromatic N) is 1. The highest BCUT2D eigenvalue weighted by atomic mass is 32.2. The Hall–Kier alpha value is -0.910. The molecule has 1 aromatic rings. The van der Waals surface area contributed by atoms with Gasteiger partial charge in [-0.1, -0.05) is 31.2 Å². The van der Waals surface area contributed by atoms with Crippen molar-refractivity contribution in [2.24, 2.45) is 0 Å². The molecule has 5 heteroatoms. The first-order valence-electron chi connectivity index (χ1n) is 6.75. The fourth-order valence-corrected chi connectivity index (χ4v) is 4.51. The van der Waals surface area contributed by atoms with Gasteiger partial charge in [0.2, 0.25) is 10.0 Å². The van der Waals surface area contributed by atoms with E-state index >= 15 is 0 Å². The number of rotatable bonds is 5. The Balaban J connectivity index is 2.11. The van der Waals surface area contributed by atoms with Gasteiger partial charge < -0.3 is 5.11 Å². The van der Waals surface area contributed by atoms with Gasteiger partial charge in [0, 0.05) is 12.6 Å². The van der Waals surface area contributed by atoms with Gasteiger partial charge in [0.25, 0.3) is 0 Å². The summed E-state index contributed by atoms with van der Waals surface area (Å²) >= 11 is 0. The number of aliphatic hydroxyl groups is 1. The predicted molar refractivity (Wildman–Crippen MR) is 75.0 cm³/mol. The molecule has 4 nitrogen and oxygen atoms in total. The molecule has 0 saturated carbocycles. The Kier molecular flexibility index (Phi) is 4.60. The minimum atomic E-state index is -3.22. The van der Waals surface area contributed by atoms with E-state index in [1.54, 1.807) is 28.6 Å². The van der Waals surface area contributed by atoms with Gasteiger partial charge in [0.1, 0.15) is 0 Å². The Morgan fingerprint density at radius 1 is 1.26 bits per heavy atom. The quantitative estimate of drug-likeness (QED) is 0.897. The number of benzene rings is 1. The molecule has 0 aliphatic carbocycles. The molecule has 0 bridgehead atoms. The standard InChI is InChI=1S/C14H21NO3S/c1-2-14-4-3-9-15(14)19(17,18)11-13-7-5-12(10-16)6-8-13/h5-8,14,16H,2-4,9-11H2,1H3. The highest BCUT2D eigenvalue weighted by Gasteiger charge is 2.32. The minimum Gasteiger partial charge on any atom is -0.392 e. The highest BCUT2D eigenvalue weighted by molar-refractivity contribution is 7.88. The lowest BCUT2D eigenvalue weighted by molar-refractivity contribution is 0.282. The summed E-state index contributed by atoms with van der Waals surface area (Å²) in [4.78, 5) is 0. The van der Waals surface area contributed by atoms with Crippen LogP contribution in [0.2, 0.25) is 0 Å². The van der Waals surface area contributed by atoms with Crippen molar-refractivity contribution in [2.75, 3.05) is 6.54 Å². The van der Waals surface area contributed by atoms with Crippen LogP contribution in [0.5, 0.6) is 0 Å². The third-order valence-electron chi connectivity index (χ3n) is 3.71. The van der Waals surface area contributed by atoms with Crippen LogP contribution in [-0.2, 0) is 22.4 Å². The molecule has 1 heterocycles. The topological polar surface area (TPSA) is 57.6 Å². The van der Waals surface area contributed by atoms with Crippen LogP contribution < -0.4 is 0 Å². The van der Waals surface area contributed by atoms with Crippen molar-refractivity contribution in [2.45, 2.75) is 44.6 Å². The smallest absolute Gasteiger partial charge is 0.218 e. The van der Waals surface area contributed by atoms with Crippen LogP contribution in [0.25, 0.3) is 0 Å². The third kappa shape index (κ3) is 3.35. The van der Waals surface area contributed by atoms with E-state index < -0.39 is 10.0 Å². The molecule has 1 atom stereocenters. The van der Waals surface area contributed by atoms with Gasteiger partial charge in [-0.05, 0) is 30.4 Å². The summed E-state index contributed by atoms with van der Waals surface area (Å²) in [6.07, 6.45) is 2.81. The molecule has 106 valence electrons. The lowest BCUT2D eigenvalue weighted by atomic mass is 10.2. The molecule has 2 rings (SSSR count). The second-order valence-corrected chi connectivity index (χ2v) is 6.97. The average Bonchev–Trinajstić information content (AvgIpc) is 2.88. The molecule has 0 aromatic heterocycles. The van der Waals surface area contributed by atoms with E-state index in [0.717, 1.165) is 30.4 Å². The van der Waals surface area contributed by atoms with Crippen LogP contribution >= 0.6 is 0 Å². The van der Waals surface area contributed by atoms with Crippen LogP contribution in [0.3, 0.4) is 0 Å². The van der Waals surface area contributed by atoms with Gasteiger partial charge in [0.05, 0.1) is 12.4 Å². The van der Waals surface area contributed by atoms with Gasteiger partial charge in [0.15, 0.2) is 0 Å². The average molecular weight is 283 g/mol. The van der Waals surface area contributed by atoms with Gasteiger partial charge >= 0.3 is 0 Å². The van der Waals surface area contributed by atoms with E-state index in [-0.39, 0.29) is 18.4 Å². The zero-order chi connectivity index (χ0) is 13.9. The van der Waals surface area contributed by atoms with E-state index in [0.29, 0.717) is 6.54 Å². The normalized spacial score (nSPS) is 20.8.